The highest BCUT2D eigenvalue weighted by Crippen LogP contribution is 2.48. The summed E-state index contributed by atoms with van der Waals surface area (Å²) >= 11 is 0. The van der Waals surface area contributed by atoms with Crippen LogP contribution in [-0.4, -0.2) is 0 Å². The van der Waals surface area contributed by atoms with Gasteiger partial charge in [0.15, 0.2) is 0 Å². The van der Waals surface area contributed by atoms with Crippen molar-refractivity contribution in [2.45, 2.75) is 32.1 Å². The van der Waals surface area contributed by atoms with Crippen molar-refractivity contribution in [1.29, 1.82) is 0 Å². The quantitative estimate of drug-likeness (QED) is 0.632. The minimum atomic E-state index is 0.811. The van der Waals surface area contributed by atoms with Crippen molar-refractivity contribution in [3.8, 4) is 0 Å². The zero-order chi connectivity index (χ0) is 10.3. The summed E-state index contributed by atoms with van der Waals surface area (Å²) < 4.78 is 0. The standard InChI is InChI=1S/C15H18/c1-2-11-3-6-13(7-4-11)15-10-12-5-8-14(15)9-12/h3-8,12,14-15H,2,9-10H2,1H3. The van der Waals surface area contributed by atoms with Gasteiger partial charge in [0.2, 0.25) is 0 Å². The third kappa shape index (κ3) is 1.52. The summed E-state index contributed by atoms with van der Waals surface area (Å²) in [5.41, 5.74) is 3.02. The molecule has 0 saturated heterocycles. The largest absolute Gasteiger partial charge is 0.0851 e. The van der Waals surface area contributed by atoms with Gasteiger partial charge >= 0.3 is 0 Å². The van der Waals surface area contributed by atoms with Crippen LogP contribution < -0.4 is 0 Å². The van der Waals surface area contributed by atoms with E-state index >= 15 is 0 Å². The van der Waals surface area contributed by atoms with Gasteiger partial charge in [-0.25, -0.2) is 0 Å². The Morgan fingerprint density at radius 1 is 1.07 bits per heavy atom. The van der Waals surface area contributed by atoms with E-state index in [1.807, 2.05) is 0 Å². The molecule has 3 atom stereocenters. The van der Waals surface area contributed by atoms with Gasteiger partial charge in [-0.15, -0.1) is 0 Å². The van der Waals surface area contributed by atoms with Crippen LogP contribution >= 0.6 is 0 Å². The minimum absolute atomic E-state index is 0.811. The molecule has 0 nitrogen and oxygen atoms in total. The van der Waals surface area contributed by atoms with Crippen molar-refractivity contribution in [3.05, 3.63) is 47.5 Å². The topological polar surface area (TPSA) is 0 Å². The average Bonchev–Trinajstić information content (AvgIpc) is 2.91. The second-order valence-electron chi connectivity index (χ2n) is 4.98. The zero-order valence-corrected chi connectivity index (χ0v) is 9.32. The molecular formula is C15H18. The molecule has 78 valence electrons. The van der Waals surface area contributed by atoms with Crippen LogP contribution in [0.1, 0.15) is 36.8 Å². The van der Waals surface area contributed by atoms with E-state index in [1.54, 1.807) is 5.56 Å². The second-order valence-corrected chi connectivity index (χ2v) is 4.98. The third-order valence-corrected chi connectivity index (χ3v) is 4.10. The van der Waals surface area contributed by atoms with E-state index in [0.29, 0.717) is 0 Å². The van der Waals surface area contributed by atoms with Gasteiger partial charge in [-0.05, 0) is 48.1 Å². The fourth-order valence-electron chi connectivity index (χ4n) is 3.16. The highest BCUT2D eigenvalue weighted by Gasteiger charge is 2.36. The minimum Gasteiger partial charge on any atom is -0.0851 e. The van der Waals surface area contributed by atoms with E-state index in [1.165, 1.54) is 18.4 Å². The summed E-state index contributed by atoms with van der Waals surface area (Å²) in [5.74, 6) is 2.53. The normalized spacial score (nSPS) is 32.5. The molecule has 0 spiro atoms. The molecule has 1 saturated carbocycles. The number of hydrogen-bond acceptors (Lipinski definition) is 0. The van der Waals surface area contributed by atoms with Crippen LogP contribution in [0.4, 0.5) is 0 Å². The lowest BCUT2D eigenvalue weighted by Gasteiger charge is -2.18. The van der Waals surface area contributed by atoms with Gasteiger partial charge in [0.05, 0.1) is 0 Å². The molecule has 3 rings (SSSR count). The molecule has 0 aromatic heterocycles. The van der Waals surface area contributed by atoms with E-state index in [0.717, 1.165) is 24.2 Å². The number of aryl methyl sites for hydroxylation is 1. The van der Waals surface area contributed by atoms with Crippen molar-refractivity contribution < 1.29 is 0 Å². The predicted octanol–water partition coefficient (Wildman–Crippen LogP) is 3.93. The SMILES string of the molecule is CCc1ccc(C2CC3C=CC2C3)cc1. The van der Waals surface area contributed by atoms with Crippen LogP contribution in [-0.2, 0) is 6.42 Å². The van der Waals surface area contributed by atoms with E-state index in [4.69, 9.17) is 0 Å². The van der Waals surface area contributed by atoms with Gasteiger partial charge in [0, 0.05) is 0 Å². The molecule has 15 heavy (non-hydrogen) atoms. The first kappa shape index (κ1) is 9.21. The first-order valence-corrected chi connectivity index (χ1v) is 6.14. The Morgan fingerprint density at radius 3 is 2.40 bits per heavy atom. The fourth-order valence-corrected chi connectivity index (χ4v) is 3.16. The van der Waals surface area contributed by atoms with Crippen LogP contribution in [0, 0.1) is 11.8 Å². The number of hydrogen-bond donors (Lipinski definition) is 0. The smallest absolute Gasteiger partial charge is 0.00932 e. The van der Waals surface area contributed by atoms with Gasteiger partial charge in [0.1, 0.15) is 0 Å². The van der Waals surface area contributed by atoms with Crippen molar-refractivity contribution >= 4 is 0 Å². The lowest BCUT2D eigenvalue weighted by molar-refractivity contribution is 0.585. The van der Waals surface area contributed by atoms with Gasteiger partial charge < -0.3 is 0 Å². The first-order chi connectivity index (χ1) is 7.36. The molecule has 0 amide bonds. The summed E-state index contributed by atoms with van der Waals surface area (Å²) in [6, 6.07) is 9.28. The molecule has 0 aliphatic heterocycles. The molecule has 1 aromatic rings. The maximum Gasteiger partial charge on any atom is -0.00932 e. The molecule has 1 aromatic carbocycles. The van der Waals surface area contributed by atoms with Crippen LogP contribution in [0.25, 0.3) is 0 Å². The molecule has 0 N–H and O–H groups in total. The van der Waals surface area contributed by atoms with Crippen molar-refractivity contribution in [1.82, 2.24) is 0 Å². The monoisotopic (exact) mass is 198 g/mol. The predicted molar refractivity (Wildman–Crippen MR) is 63.9 cm³/mol. The molecule has 3 unspecified atom stereocenters. The Bertz CT molecular complexity index is 372. The molecule has 0 heterocycles. The van der Waals surface area contributed by atoms with Crippen molar-refractivity contribution in [2.24, 2.45) is 11.8 Å². The van der Waals surface area contributed by atoms with E-state index in [9.17, 15) is 0 Å². The molecule has 2 bridgehead atoms. The van der Waals surface area contributed by atoms with Gasteiger partial charge in [-0.1, -0.05) is 43.3 Å². The lowest BCUT2D eigenvalue weighted by Crippen LogP contribution is -2.04. The maximum absolute atomic E-state index is 2.44. The second kappa shape index (κ2) is 3.52. The molecular weight excluding hydrogens is 180 g/mol. The van der Waals surface area contributed by atoms with E-state index < -0.39 is 0 Å². The highest BCUT2D eigenvalue weighted by molar-refractivity contribution is 5.30. The molecule has 1 fully saturated rings. The van der Waals surface area contributed by atoms with E-state index in [-0.39, 0.29) is 0 Å². The molecule has 2 aliphatic carbocycles. The fraction of sp³-hybridized carbons (Fsp3) is 0.467. The summed E-state index contributed by atoms with van der Waals surface area (Å²) in [6.45, 7) is 2.22. The summed E-state index contributed by atoms with van der Waals surface area (Å²) in [4.78, 5) is 0. The lowest BCUT2D eigenvalue weighted by atomic mass is 9.86. The van der Waals surface area contributed by atoms with Crippen LogP contribution in [0.3, 0.4) is 0 Å². The molecule has 0 heteroatoms. The number of allylic oxidation sites excluding steroid dienone is 2. The van der Waals surface area contributed by atoms with Crippen LogP contribution in [0.15, 0.2) is 36.4 Å². The zero-order valence-electron chi connectivity index (χ0n) is 9.32. The Hall–Kier alpha value is -1.04. The molecule has 0 radical (unpaired) electrons. The first-order valence-electron chi connectivity index (χ1n) is 6.14. The Balaban J connectivity index is 1.84. The summed E-state index contributed by atoms with van der Waals surface area (Å²) in [7, 11) is 0. The van der Waals surface area contributed by atoms with Crippen molar-refractivity contribution in [3.63, 3.8) is 0 Å². The Morgan fingerprint density at radius 2 is 1.87 bits per heavy atom. The van der Waals surface area contributed by atoms with Gasteiger partial charge in [-0.3, -0.25) is 0 Å². The number of benzene rings is 1. The summed E-state index contributed by atoms with van der Waals surface area (Å²) in [6.07, 6.45) is 8.79. The summed E-state index contributed by atoms with van der Waals surface area (Å²) in [5, 5.41) is 0. The number of rotatable bonds is 2. The molecule has 2 aliphatic rings. The number of fused-ring (bicyclic) bond motifs is 2. The third-order valence-electron chi connectivity index (χ3n) is 4.10. The Kier molecular flexibility index (Phi) is 2.16. The highest BCUT2D eigenvalue weighted by atomic mass is 14.4. The van der Waals surface area contributed by atoms with Crippen LogP contribution in [0.2, 0.25) is 0 Å². The van der Waals surface area contributed by atoms with Gasteiger partial charge in [0.25, 0.3) is 0 Å². The average molecular weight is 198 g/mol. The van der Waals surface area contributed by atoms with Crippen LogP contribution in [0.5, 0.6) is 0 Å². The van der Waals surface area contributed by atoms with Gasteiger partial charge in [-0.2, -0.15) is 0 Å². The van der Waals surface area contributed by atoms with E-state index in [2.05, 4.69) is 43.3 Å². The van der Waals surface area contributed by atoms with Crippen molar-refractivity contribution in [2.75, 3.05) is 0 Å². The Labute approximate surface area is 92.0 Å². The maximum atomic E-state index is 2.44.